The Bertz CT molecular complexity index is 439. The van der Waals surface area contributed by atoms with Gasteiger partial charge >= 0.3 is 0 Å². The number of nitrogen functional groups attached to an aromatic ring is 2. The molecule has 0 unspecified atom stereocenters. The van der Waals surface area contributed by atoms with Crippen molar-refractivity contribution in [2.75, 3.05) is 16.8 Å². The Morgan fingerprint density at radius 2 is 2.07 bits per heavy atom. The van der Waals surface area contributed by atoms with Crippen molar-refractivity contribution in [1.82, 2.24) is 5.16 Å². The SMILES string of the molecule is Nc1ccc(NCc2ccon2)cc1N. The Kier molecular flexibility index (Phi) is 2.45. The van der Waals surface area contributed by atoms with Crippen LogP contribution in [-0.2, 0) is 6.54 Å². The predicted molar refractivity (Wildman–Crippen MR) is 59.1 cm³/mol. The maximum atomic E-state index is 5.67. The van der Waals surface area contributed by atoms with Crippen LogP contribution >= 0.6 is 0 Å². The second-order valence-corrected chi connectivity index (χ2v) is 3.19. The Hall–Kier alpha value is -2.17. The normalized spacial score (nSPS) is 10.1. The monoisotopic (exact) mass is 204 g/mol. The van der Waals surface area contributed by atoms with E-state index in [1.165, 1.54) is 6.26 Å². The molecule has 0 aliphatic carbocycles. The topological polar surface area (TPSA) is 90.1 Å². The van der Waals surface area contributed by atoms with Crippen molar-refractivity contribution in [3.63, 3.8) is 0 Å². The number of hydrogen-bond acceptors (Lipinski definition) is 5. The molecule has 5 nitrogen and oxygen atoms in total. The van der Waals surface area contributed by atoms with Crippen LogP contribution in [0.15, 0.2) is 35.1 Å². The highest BCUT2D eigenvalue weighted by Gasteiger charge is 1.99. The summed E-state index contributed by atoms with van der Waals surface area (Å²) >= 11 is 0. The van der Waals surface area contributed by atoms with E-state index < -0.39 is 0 Å². The molecular weight excluding hydrogens is 192 g/mol. The number of aromatic nitrogens is 1. The zero-order chi connectivity index (χ0) is 10.7. The van der Waals surface area contributed by atoms with Crippen molar-refractivity contribution in [2.45, 2.75) is 6.54 Å². The molecule has 0 bridgehead atoms. The van der Waals surface area contributed by atoms with Gasteiger partial charge in [-0.2, -0.15) is 0 Å². The van der Waals surface area contributed by atoms with Crippen LogP contribution in [0.1, 0.15) is 5.69 Å². The molecule has 2 rings (SSSR count). The maximum absolute atomic E-state index is 5.67. The van der Waals surface area contributed by atoms with Gasteiger partial charge in [0.1, 0.15) is 12.0 Å². The lowest BCUT2D eigenvalue weighted by Gasteiger charge is -2.06. The summed E-state index contributed by atoms with van der Waals surface area (Å²) in [5, 5.41) is 6.93. The molecule has 78 valence electrons. The summed E-state index contributed by atoms with van der Waals surface area (Å²) in [5.74, 6) is 0. The molecule has 5 N–H and O–H groups in total. The van der Waals surface area contributed by atoms with Gasteiger partial charge in [0.25, 0.3) is 0 Å². The van der Waals surface area contributed by atoms with E-state index in [1.807, 2.05) is 6.07 Å². The molecule has 0 saturated carbocycles. The molecule has 1 heterocycles. The molecule has 15 heavy (non-hydrogen) atoms. The van der Waals surface area contributed by atoms with Crippen molar-refractivity contribution in [3.05, 3.63) is 36.2 Å². The van der Waals surface area contributed by atoms with E-state index in [-0.39, 0.29) is 0 Å². The van der Waals surface area contributed by atoms with Gasteiger partial charge in [-0.1, -0.05) is 5.16 Å². The summed E-state index contributed by atoms with van der Waals surface area (Å²) in [6.45, 7) is 0.597. The number of rotatable bonds is 3. The number of anilines is 3. The molecular formula is C10H12N4O. The van der Waals surface area contributed by atoms with Gasteiger partial charge in [0.05, 0.1) is 17.9 Å². The Balaban J connectivity index is 2.02. The van der Waals surface area contributed by atoms with Gasteiger partial charge in [-0.25, -0.2) is 0 Å². The lowest BCUT2D eigenvalue weighted by Crippen LogP contribution is -2.01. The van der Waals surface area contributed by atoms with Crippen LogP contribution in [0.4, 0.5) is 17.1 Å². The van der Waals surface area contributed by atoms with Gasteiger partial charge in [-0.15, -0.1) is 0 Å². The Morgan fingerprint density at radius 3 is 2.73 bits per heavy atom. The van der Waals surface area contributed by atoms with Gasteiger partial charge in [-0.3, -0.25) is 0 Å². The van der Waals surface area contributed by atoms with E-state index >= 15 is 0 Å². The first-order valence-electron chi connectivity index (χ1n) is 4.54. The minimum atomic E-state index is 0.570. The molecule has 0 fully saturated rings. The molecule has 2 aromatic rings. The fourth-order valence-corrected chi connectivity index (χ4v) is 1.21. The van der Waals surface area contributed by atoms with Crippen LogP contribution in [0, 0.1) is 0 Å². The van der Waals surface area contributed by atoms with Crippen molar-refractivity contribution in [2.24, 2.45) is 0 Å². The molecule has 5 heteroatoms. The molecule has 0 radical (unpaired) electrons. The zero-order valence-corrected chi connectivity index (χ0v) is 8.10. The van der Waals surface area contributed by atoms with Gasteiger partial charge in [0.2, 0.25) is 0 Å². The smallest absolute Gasteiger partial charge is 0.124 e. The number of hydrogen-bond donors (Lipinski definition) is 3. The first kappa shape index (κ1) is 9.39. The van der Waals surface area contributed by atoms with Crippen LogP contribution in [0.25, 0.3) is 0 Å². The van der Waals surface area contributed by atoms with E-state index in [9.17, 15) is 0 Å². The van der Waals surface area contributed by atoms with Crippen molar-refractivity contribution >= 4 is 17.1 Å². The number of nitrogens with one attached hydrogen (secondary N) is 1. The largest absolute Gasteiger partial charge is 0.397 e. The van der Waals surface area contributed by atoms with Crippen LogP contribution in [0.5, 0.6) is 0 Å². The minimum absolute atomic E-state index is 0.570. The quantitative estimate of drug-likeness (QED) is 0.658. The summed E-state index contributed by atoms with van der Waals surface area (Å²) in [6.07, 6.45) is 1.54. The first-order chi connectivity index (χ1) is 7.25. The summed E-state index contributed by atoms with van der Waals surface area (Å²) in [7, 11) is 0. The van der Waals surface area contributed by atoms with Gasteiger partial charge in [-0.05, 0) is 18.2 Å². The second-order valence-electron chi connectivity index (χ2n) is 3.19. The summed E-state index contributed by atoms with van der Waals surface area (Å²) in [4.78, 5) is 0. The molecule has 0 saturated heterocycles. The molecule has 1 aromatic carbocycles. The van der Waals surface area contributed by atoms with Crippen LogP contribution in [0.2, 0.25) is 0 Å². The van der Waals surface area contributed by atoms with Crippen molar-refractivity contribution < 1.29 is 4.52 Å². The van der Waals surface area contributed by atoms with Gasteiger partial charge in [0.15, 0.2) is 0 Å². The number of nitrogens with zero attached hydrogens (tertiary/aromatic N) is 1. The highest BCUT2D eigenvalue weighted by atomic mass is 16.5. The fourth-order valence-electron chi connectivity index (χ4n) is 1.21. The van der Waals surface area contributed by atoms with E-state index in [2.05, 4.69) is 10.5 Å². The fraction of sp³-hybridized carbons (Fsp3) is 0.100. The molecule has 0 aliphatic rings. The van der Waals surface area contributed by atoms with Crippen molar-refractivity contribution in [3.8, 4) is 0 Å². The maximum Gasteiger partial charge on any atom is 0.124 e. The van der Waals surface area contributed by atoms with E-state index in [0.717, 1.165) is 11.4 Å². The molecule has 0 spiro atoms. The van der Waals surface area contributed by atoms with Gasteiger partial charge in [0, 0.05) is 11.8 Å². The highest BCUT2D eigenvalue weighted by Crippen LogP contribution is 2.19. The third kappa shape index (κ3) is 2.19. The summed E-state index contributed by atoms with van der Waals surface area (Å²) < 4.78 is 4.71. The molecule has 1 aromatic heterocycles. The first-order valence-corrected chi connectivity index (χ1v) is 4.54. The van der Waals surface area contributed by atoms with Crippen LogP contribution in [-0.4, -0.2) is 5.16 Å². The lowest BCUT2D eigenvalue weighted by atomic mass is 10.2. The summed E-state index contributed by atoms with van der Waals surface area (Å²) in [5.41, 5.74) is 14.2. The van der Waals surface area contributed by atoms with E-state index in [0.29, 0.717) is 17.9 Å². The molecule has 0 aliphatic heterocycles. The van der Waals surface area contributed by atoms with Crippen LogP contribution in [0.3, 0.4) is 0 Å². The van der Waals surface area contributed by atoms with Gasteiger partial charge < -0.3 is 21.3 Å². The Morgan fingerprint density at radius 1 is 1.20 bits per heavy atom. The third-order valence-electron chi connectivity index (χ3n) is 2.05. The lowest BCUT2D eigenvalue weighted by molar-refractivity contribution is 0.412. The standard InChI is InChI=1S/C10H12N4O/c11-9-2-1-7(5-10(9)12)13-6-8-3-4-15-14-8/h1-5,13H,6,11-12H2. The number of benzene rings is 1. The minimum Gasteiger partial charge on any atom is -0.397 e. The highest BCUT2D eigenvalue weighted by molar-refractivity contribution is 5.69. The van der Waals surface area contributed by atoms with Crippen molar-refractivity contribution in [1.29, 1.82) is 0 Å². The Labute approximate surface area is 87.0 Å². The number of nitrogens with two attached hydrogens (primary N) is 2. The average Bonchev–Trinajstić information content (AvgIpc) is 2.73. The predicted octanol–water partition coefficient (Wildman–Crippen LogP) is 1.45. The van der Waals surface area contributed by atoms with E-state index in [1.54, 1.807) is 18.2 Å². The molecule has 0 amide bonds. The van der Waals surface area contributed by atoms with Crippen LogP contribution < -0.4 is 16.8 Å². The second kappa shape index (κ2) is 3.91. The average molecular weight is 204 g/mol. The molecule has 0 atom stereocenters. The third-order valence-corrected chi connectivity index (χ3v) is 2.05. The van der Waals surface area contributed by atoms with E-state index in [4.69, 9.17) is 16.0 Å². The summed E-state index contributed by atoms with van der Waals surface area (Å²) in [6, 6.07) is 7.22. The zero-order valence-electron chi connectivity index (χ0n) is 8.10.